The lowest BCUT2D eigenvalue weighted by Gasteiger charge is -2.27. The van der Waals surface area contributed by atoms with Gasteiger partial charge in [-0.05, 0) is 43.6 Å². The third-order valence-electron chi connectivity index (χ3n) is 5.12. The number of hydrogen-bond donors (Lipinski definition) is 0. The zero-order valence-corrected chi connectivity index (χ0v) is 15.2. The molecule has 128 valence electrons. The van der Waals surface area contributed by atoms with Gasteiger partial charge >= 0.3 is 0 Å². The van der Waals surface area contributed by atoms with Crippen molar-refractivity contribution >= 4 is 0 Å². The van der Waals surface area contributed by atoms with Crippen LogP contribution in [0.3, 0.4) is 0 Å². The van der Waals surface area contributed by atoms with Crippen molar-refractivity contribution in [3.63, 3.8) is 0 Å². The highest BCUT2D eigenvalue weighted by molar-refractivity contribution is 5.32. The standard InChI is InChI=1S/C24H27N/c1-20(21-12-6-3-7-13-21)25(2)19-18-24(22-14-8-4-9-15-22)23-16-10-5-11-17-23/h3-17,20,24H,18-19H2,1-2H3. The molecule has 3 rings (SSSR count). The zero-order chi connectivity index (χ0) is 17.5. The van der Waals surface area contributed by atoms with Gasteiger partial charge in [-0.2, -0.15) is 0 Å². The van der Waals surface area contributed by atoms with Gasteiger partial charge in [0.15, 0.2) is 0 Å². The molecule has 1 atom stereocenters. The van der Waals surface area contributed by atoms with Crippen molar-refractivity contribution < 1.29 is 0 Å². The Labute approximate surface area is 151 Å². The summed E-state index contributed by atoms with van der Waals surface area (Å²) in [4.78, 5) is 2.45. The number of hydrogen-bond acceptors (Lipinski definition) is 1. The van der Waals surface area contributed by atoms with Crippen LogP contribution in [-0.2, 0) is 0 Å². The summed E-state index contributed by atoms with van der Waals surface area (Å²) in [6.07, 6.45) is 1.11. The highest BCUT2D eigenvalue weighted by atomic mass is 15.1. The second kappa shape index (κ2) is 8.64. The van der Waals surface area contributed by atoms with Gasteiger partial charge in [-0.25, -0.2) is 0 Å². The Morgan fingerprint density at radius 2 is 1.04 bits per heavy atom. The lowest BCUT2D eigenvalue weighted by atomic mass is 9.88. The molecule has 0 saturated carbocycles. The summed E-state index contributed by atoms with van der Waals surface area (Å²) in [5, 5.41) is 0. The molecule has 0 aromatic heterocycles. The van der Waals surface area contributed by atoms with E-state index in [2.05, 4.69) is 110 Å². The van der Waals surface area contributed by atoms with Crippen LogP contribution in [0.2, 0.25) is 0 Å². The highest BCUT2D eigenvalue weighted by Gasteiger charge is 2.17. The summed E-state index contributed by atoms with van der Waals surface area (Å²) in [5.74, 6) is 0.438. The van der Waals surface area contributed by atoms with Gasteiger partial charge in [0.2, 0.25) is 0 Å². The van der Waals surface area contributed by atoms with Crippen molar-refractivity contribution in [1.29, 1.82) is 0 Å². The van der Waals surface area contributed by atoms with Crippen LogP contribution in [0, 0.1) is 0 Å². The summed E-state index contributed by atoms with van der Waals surface area (Å²) in [6.45, 7) is 3.35. The number of benzene rings is 3. The highest BCUT2D eigenvalue weighted by Crippen LogP contribution is 2.29. The monoisotopic (exact) mass is 329 g/mol. The van der Waals surface area contributed by atoms with Gasteiger partial charge in [-0.1, -0.05) is 91.0 Å². The normalized spacial score (nSPS) is 12.5. The maximum Gasteiger partial charge on any atom is 0.0316 e. The Hall–Kier alpha value is -2.38. The van der Waals surface area contributed by atoms with E-state index in [1.165, 1.54) is 16.7 Å². The number of rotatable bonds is 7. The molecule has 0 spiro atoms. The molecule has 0 fully saturated rings. The number of nitrogens with zero attached hydrogens (tertiary/aromatic N) is 1. The molecule has 0 amide bonds. The molecule has 1 nitrogen and oxygen atoms in total. The molecule has 3 aromatic carbocycles. The minimum absolute atomic E-state index is 0.424. The van der Waals surface area contributed by atoms with Gasteiger partial charge in [-0.15, -0.1) is 0 Å². The van der Waals surface area contributed by atoms with Gasteiger partial charge < -0.3 is 0 Å². The van der Waals surface area contributed by atoms with Gasteiger partial charge in [-0.3, -0.25) is 4.90 Å². The first-order valence-electron chi connectivity index (χ1n) is 9.11. The second-order valence-corrected chi connectivity index (χ2v) is 6.73. The topological polar surface area (TPSA) is 3.24 Å². The van der Waals surface area contributed by atoms with E-state index >= 15 is 0 Å². The lowest BCUT2D eigenvalue weighted by molar-refractivity contribution is 0.254. The van der Waals surface area contributed by atoms with Crippen LogP contribution >= 0.6 is 0 Å². The van der Waals surface area contributed by atoms with Crippen LogP contribution in [0.5, 0.6) is 0 Å². The molecule has 0 heterocycles. The van der Waals surface area contributed by atoms with Crippen molar-refractivity contribution in [2.24, 2.45) is 0 Å². The Morgan fingerprint density at radius 1 is 0.640 bits per heavy atom. The van der Waals surface area contributed by atoms with E-state index in [4.69, 9.17) is 0 Å². The molecule has 0 N–H and O–H groups in total. The molecule has 1 heteroatoms. The Morgan fingerprint density at radius 3 is 1.48 bits per heavy atom. The van der Waals surface area contributed by atoms with Gasteiger partial charge in [0.05, 0.1) is 0 Å². The molecule has 0 saturated heterocycles. The van der Waals surface area contributed by atoms with Crippen LogP contribution in [-0.4, -0.2) is 18.5 Å². The summed E-state index contributed by atoms with van der Waals surface area (Å²) >= 11 is 0. The first-order chi connectivity index (χ1) is 12.3. The summed E-state index contributed by atoms with van der Waals surface area (Å²) in [7, 11) is 2.23. The summed E-state index contributed by atoms with van der Waals surface area (Å²) in [5.41, 5.74) is 4.17. The van der Waals surface area contributed by atoms with Crippen LogP contribution in [0.1, 0.15) is 42.0 Å². The SMILES string of the molecule is CC(c1ccccc1)N(C)CCC(c1ccccc1)c1ccccc1. The molecule has 0 aliphatic rings. The molecule has 25 heavy (non-hydrogen) atoms. The van der Waals surface area contributed by atoms with E-state index in [0.29, 0.717) is 12.0 Å². The van der Waals surface area contributed by atoms with E-state index in [1.54, 1.807) is 0 Å². The van der Waals surface area contributed by atoms with E-state index in [1.807, 2.05) is 0 Å². The lowest BCUT2D eigenvalue weighted by Crippen LogP contribution is -2.25. The first kappa shape index (κ1) is 17.4. The molecule has 0 aliphatic carbocycles. The Bertz CT molecular complexity index is 697. The van der Waals surface area contributed by atoms with Crippen LogP contribution in [0.4, 0.5) is 0 Å². The molecule has 0 bridgehead atoms. The van der Waals surface area contributed by atoms with Crippen LogP contribution in [0.25, 0.3) is 0 Å². The quantitative estimate of drug-likeness (QED) is 0.521. The van der Waals surface area contributed by atoms with E-state index < -0.39 is 0 Å². The first-order valence-corrected chi connectivity index (χ1v) is 9.11. The predicted octanol–water partition coefficient (Wildman–Crippen LogP) is 5.90. The maximum atomic E-state index is 2.45. The van der Waals surface area contributed by atoms with Gasteiger partial charge in [0.25, 0.3) is 0 Å². The second-order valence-electron chi connectivity index (χ2n) is 6.73. The molecule has 1 unspecified atom stereocenters. The largest absolute Gasteiger partial charge is 0.300 e. The van der Waals surface area contributed by atoms with Gasteiger partial charge in [0.1, 0.15) is 0 Å². The summed E-state index contributed by atoms with van der Waals surface area (Å²) < 4.78 is 0. The average Bonchev–Trinajstić information content (AvgIpc) is 2.70. The molecule has 3 aromatic rings. The third kappa shape index (κ3) is 4.58. The van der Waals surface area contributed by atoms with E-state index in [-0.39, 0.29) is 0 Å². The third-order valence-corrected chi connectivity index (χ3v) is 5.12. The fraction of sp³-hybridized carbons (Fsp3) is 0.250. The fourth-order valence-corrected chi connectivity index (χ4v) is 3.41. The molecule has 0 radical (unpaired) electrons. The van der Waals surface area contributed by atoms with Crippen molar-refractivity contribution in [3.05, 3.63) is 108 Å². The minimum atomic E-state index is 0.424. The fourth-order valence-electron chi connectivity index (χ4n) is 3.41. The van der Waals surface area contributed by atoms with Crippen molar-refractivity contribution in [3.8, 4) is 0 Å². The van der Waals surface area contributed by atoms with Crippen LogP contribution < -0.4 is 0 Å². The molecular weight excluding hydrogens is 302 g/mol. The van der Waals surface area contributed by atoms with Crippen molar-refractivity contribution in [2.75, 3.05) is 13.6 Å². The van der Waals surface area contributed by atoms with Gasteiger partial charge in [0, 0.05) is 12.0 Å². The average molecular weight is 329 g/mol. The molecule has 0 aliphatic heterocycles. The minimum Gasteiger partial charge on any atom is -0.300 e. The Balaban J connectivity index is 1.73. The maximum absolute atomic E-state index is 2.45. The predicted molar refractivity (Wildman–Crippen MR) is 107 cm³/mol. The smallest absolute Gasteiger partial charge is 0.0316 e. The molecular formula is C24H27N. The van der Waals surface area contributed by atoms with Crippen molar-refractivity contribution in [1.82, 2.24) is 4.90 Å². The van der Waals surface area contributed by atoms with E-state index in [9.17, 15) is 0 Å². The van der Waals surface area contributed by atoms with Crippen LogP contribution in [0.15, 0.2) is 91.0 Å². The van der Waals surface area contributed by atoms with Crippen molar-refractivity contribution in [2.45, 2.75) is 25.3 Å². The zero-order valence-electron chi connectivity index (χ0n) is 15.2. The Kier molecular flexibility index (Phi) is 6.03. The van der Waals surface area contributed by atoms with E-state index in [0.717, 1.165) is 13.0 Å². The summed E-state index contributed by atoms with van der Waals surface area (Å²) in [6, 6.07) is 32.9.